The Balaban J connectivity index is 2.84. The van der Waals surface area contributed by atoms with Crippen LogP contribution >= 0.6 is 0 Å². The largest absolute Gasteiger partial charge is 0.480 e. The van der Waals surface area contributed by atoms with Crippen molar-refractivity contribution in [3.05, 3.63) is 17.7 Å². The molecule has 0 bridgehead atoms. The van der Waals surface area contributed by atoms with Gasteiger partial charge in [0.25, 0.3) is 0 Å². The second kappa shape index (κ2) is 4.25. The highest BCUT2D eigenvalue weighted by atomic mass is 16.4. The standard InChI is InChI=1S/C11H19N3O2/c1-7-6-14(9(3)13-7)8(2)5-11(4,12)10(15)16/h6,8H,5,12H2,1-4H3,(H,15,16). The predicted molar refractivity (Wildman–Crippen MR) is 61.3 cm³/mol. The lowest BCUT2D eigenvalue weighted by atomic mass is 9.95. The molecule has 1 aromatic heterocycles. The number of hydrogen-bond donors (Lipinski definition) is 2. The summed E-state index contributed by atoms with van der Waals surface area (Å²) in [5.74, 6) is -0.0972. The van der Waals surface area contributed by atoms with Crippen LogP contribution in [-0.2, 0) is 4.79 Å². The van der Waals surface area contributed by atoms with Gasteiger partial charge in [-0.2, -0.15) is 0 Å². The van der Waals surface area contributed by atoms with E-state index in [1.807, 2.05) is 31.5 Å². The van der Waals surface area contributed by atoms with Gasteiger partial charge in [-0.1, -0.05) is 0 Å². The van der Waals surface area contributed by atoms with Crippen molar-refractivity contribution in [1.82, 2.24) is 9.55 Å². The summed E-state index contributed by atoms with van der Waals surface area (Å²) in [5.41, 5.74) is 5.45. The van der Waals surface area contributed by atoms with Crippen LogP contribution in [0.15, 0.2) is 6.20 Å². The summed E-state index contributed by atoms with van der Waals surface area (Å²) in [7, 11) is 0. The monoisotopic (exact) mass is 225 g/mol. The summed E-state index contributed by atoms with van der Waals surface area (Å²) in [6, 6.07) is 0.0206. The van der Waals surface area contributed by atoms with Crippen molar-refractivity contribution in [2.24, 2.45) is 5.73 Å². The molecule has 0 saturated heterocycles. The van der Waals surface area contributed by atoms with Crippen LogP contribution < -0.4 is 5.73 Å². The number of carboxylic acid groups (broad SMARTS) is 1. The van der Waals surface area contributed by atoms with Gasteiger partial charge in [0, 0.05) is 12.2 Å². The number of aryl methyl sites for hydroxylation is 2. The molecular formula is C11H19N3O2. The third kappa shape index (κ3) is 2.61. The fourth-order valence-corrected chi connectivity index (χ4v) is 1.88. The number of rotatable bonds is 4. The maximum atomic E-state index is 10.9. The fourth-order valence-electron chi connectivity index (χ4n) is 1.88. The molecule has 16 heavy (non-hydrogen) atoms. The Labute approximate surface area is 95.3 Å². The highest BCUT2D eigenvalue weighted by Crippen LogP contribution is 2.21. The second-order valence-electron chi connectivity index (χ2n) is 4.61. The van der Waals surface area contributed by atoms with E-state index < -0.39 is 11.5 Å². The van der Waals surface area contributed by atoms with Crippen LogP contribution in [0.4, 0.5) is 0 Å². The molecule has 0 radical (unpaired) electrons. The van der Waals surface area contributed by atoms with Gasteiger partial charge < -0.3 is 15.4 Å². The van der Waals surface area contributed by atoms with E-state index in [0.717, 1.165) is 11.5 Å². The van der Waals surface area contributed by atoms with E-state index in [1.54, 1.807) is 0 Å². The van der Waals surface area contributed by atoms with Gasteiger partial charge in [0.05, 0.1) is 5.69 Å². The topological polar surface area (TPSA) is 81.1 Å². The SMILES string of the molecule is Cc1cn(C(C)CC(C)(N)C(=O)O)c(C)n1. The van der Waals surface area contributed by atoms with Crippen molar-refractivity contribution in [3.63, 3.8) is 0 Å². The molecule has 5 nitrogen and oxygen atoms in total. The van der Waals surface area contributed by atoms with Gasteiger partial charge in [-0.3, -0.25) is 4.79 Å². The first-order valence-corrected chi connectivity index (χ1v) is 5.28. The van der Waals surface area contributed by atoms with Crippen molar-refractivity contribution in [2.45, 2.75) is 45.7 Å². The van der Waals surface area contributed by atoms with E-state index >= 15 is 0 Å². The molecule has 2 atom stereocenters. The molecule has 0 aliphatic rings. The van der Waals surface area contributed by atoms with Gasteiger partial charge in [0.15, 0.2) is 0 Å². The molecule has 0 aliphatic heterocycles. The van der Waals surface area contributed by atoms with Crippen molar-refractivity contribution in [1.29, 1.82) is 0 Å². The summed E-state index contributed by atoms with van der Waals surface area (Å²) in [5, 5.41) is 8.96. The Morgan fingerprint density at radius 3 is 2.62 bits per heavy atom. The molecule has 0 saturated carbocycles. The first kappa shape index (κ1) is 12.7. The number of nitrogens with two attached hydrogens (primary N) is 1. The number of aromatic nitrogens is 2. The normalized spacial score (nSPS) is 16.8. The number of nitrogens with zero attached hydrogens (tertiary/aromatic N) is 2. The van der Waals surface area contributed by atoms with E-state index in [0.29, 0.717) is 6.42 Å². The number of imidazole rings is 1. The predicted octanol–water partition coefficient (Wildman–Crippen LogP) is 1.25. The molecule has 0 fully saturated rings. The summed E-state index contributed by atoms with van der Waals surface area (Å²) >= 11 is 0. The molecule has 0 aromatic carbocycles. The van der Waals surface area contributed by atoms with Gasteiger partial charge in [0.1, 0.15) is 11.4 Å². The maximum Gasteiger partial charge on any atom is 0.323 e. The van der Waals surface area contributed by atoms with Crippen LogP contribution in [0.25, 0.3) is 0 Å². The summed E-state index contributed by atoms with van der Waals surface area (Å²) in [6.45, 7) is 7.29. The second-order valence-corrected chi connectivity index (χ2v) is 4.61. The Morgan fingerprint density at radius 1 is 1.69 bits per heavy atom. The molecule has 1 rings (SSSR count). The number of hydrogen-bond acceptors (Lipinski definition) is 3. The van der Waals surface area contributed by atoms with E-state index in [2.05, 4.69) is 4.98 Å². The fraction of sp³-hybridized carbons (Fsp3) is 0.636. The maximum absolute atomic E-state index is 10.9. The molecule has 0 aliphatic carbocycles. The number of carboxylic acids is 1. The average molecular weight is 225 g/mol. The molecule has 1 heterocycles. The Hall–Kier alpha value is -1.36. The lowest BCUT2D eigenvalue weighted by Crippen LogP contribution is -2.46. The zero-order valence-corrected chi connectivity index (χ0v) is 10.2. The highest BCUT2D eigenvalue weighted by molar-refractivity contribution is 5.77. The van der Waals surface area contributed by atoms with Crippen molar-refractivity contribution in [3.8, 4) is 0 Å². The van der Waals surface area contributed by atoms with Crippen molar-refractivity contribution >= 4 is 5.97 Å². The summed E-state index contributed by atoms with van der Waals surface area (Å²) in [6.07, 6.45) is 2.29. The van der Waals surface area contributed by atoms with Crippen LogP contribution in [0.3, 0.4) is 0 Å². The van der Waals surface area contributed by atoms with Crippen molar-refractivity contribution < 1.29 is 9.90 Å². The molecular weight excluding hydrogens is 206 g/mol. The average Bonchev–Trinajstić information content (AvgIpc) is 2.44. The quantitative estimate of drug-likeness (QED) is 0.808. The van der Waals surface area contributed by atoms with Crippen molar-refractivity contribution in [2.75, 3.05) is 0 Å². The van der Waals surface area contributed by atoms with E-state index in [1.165, 1.54) is 6.92 Å². The zero-order valence-electron chi connectivity index (χ0n) is 10.2. The van der Waals surface area contributed by atoms with E-state index in [9.17, 15) is 4.79 Å². The molecule has 90 valence electrons. The summed E-state index contributed by atoms with van der Waals surface area (Å²) in [4.78, 5) is 15.2. The lowest BCUT2D eigenvalue weighted by molar-refractivity contribution is -0.143. The summed E-state index contributed by atoms with van der Waals surface area (Å²) < 4.78 is 1.96. The molecule has 2 unspecified atom stereocenters. The minimum Gasteiger partial charge on any atom is -0.480 e. The molecule has 1 aromatic rings. The van der Waals surface area contributed by atoms with Crippen LogP contribution in [0, 0.1) is 13.8 Å². The third-order valence-corrected chi connectivity index (χ3v) is 2.72. The van der Waals surface area contributed by atoms with Crippen LogP contribution in [-0.4, -0.2) is 26.2 Å². The molecule has 5 heteroatoms. The zero-order chi connectivity index (χ0) is 12.5. The van der Waals surface area contributed by atoms with Gasteiger partial charge >= 0.3 is 5.97 Å². The molecule has 0 spiro atoms. The van der Waals surface area contributed by atoms with E-state index in [-0.39, 0.29) is 6.04 Å². The van der Waals surface area contributed by atoms with E-state index in [4.69, 9.17) is 10.8 Å². The minimum atomic E-state index is -1.20. The van der Waals surface area contributed by atoms with Crippen LogP contribution in [0.5, 0.6) is 0 Å². The molecule has 3 N–H and O–H groups in total. The van der Waals surface area contributed by atoms with Crippen LogP contribution in [0.1, 0.15) is 37.8 Å². The van der Waals surface area contributed by atoms with Gasteiger partial charge in [-0.15, -0.1) is 0 Å². The van der Waals surface area contributed by atoms with Gasteiger partial charge in [-0.05, 0) is 34.1 Å². The Morgan fingerprint density at radius 2 is 2.25 bits per heavy atom. The number of carbonyl (C=O) groups is 1. The number of aliphatic carboxylic acids is 1. The first-order chi connectivity index (χ1) is 7.24. The molecule has 0 amide bonds. The van der Waals surface area contributed by atoms with Gasteiger partial charge in [-0.25, -0.2) is 4.98 Å². The van der Waals surface area contributed by atoms with Crippen LogP contribution in [0.2, 0.25) is 0 Å². The lowest BCUT2D eigenvalue weighted by Gasteiger charge is -2.24. The highest BCUT2D eigenvalue weighted by Gasteiger charge is 2.30. The first-order valence-electron chi connectivity index (χ1n) is 5.28. The minimum absolute atomic E-state index is 0.0206. The Kier molecular flexibility index (Phi) is 3.38. The van der Waals surface area contributed by atoms with Gasteiger partial charge in [0.2, 0.25) is 0 Å². The third-order valence-electron chi connectivity index (χ3n) is 2.72. The smallest absolute Gasteiger partial charge is 0.323 e. The Bertz CT molecular complexity index is 396.